The van der Waals surface area contributed by atoms with E-state index < -0.39 is 6.10 Å². The van der Waals surface area contributed by atoms with E-state index in [1.807, 2.05) is 49.4 Å². The topological polar surface area (TPSA) is 59.6 Å². The molecule has 0 spiro atoms. The van der Waals surface area contributed by atoms with Gasteiger partial charge >= 0.3 is 0 Å². The van der Waals surface area contributed by atoms with E-state index in [1.54, 1.807) is 19.2 Å². The fraction of sp³-hybridized carbons (Fsp3) is 0.345. The van der Waals surface area contributed by atoms with Crippen LogP contribution in [0.5, 0.6) is 5.75 Å². The Morgan fingerprint density at radius 2 is 1.78 bits per heavy atom. The van der Waals surface area contributed by atoms with Gasteiger partial charge in [0.15, 0.2) is 5.78 Å². The van der Waals surface area contributed by atoms with E-state index in [-0.39, 0.29) is 30.4 Å². The molecule has 5 nitrogen and oxygen atoms in total. The molecule has 0 aliphatic carbocycles. The molecule has 0 radical (unpaired) electrons. The minimum atomic E-state index is -0.609. The van der Waals surface area contributed by atoms with Crippen LogP contribution in [-0.2, 0) is 22.7 Å². The van der Waals surface area contributed by atoms with Crippen molar-refractivity contribution in [2.24, 2.45) is 5.92 Å². The lowest BCUT2D eigenvalue weighted by Crippen LogP contribution is -2.57. The number of ketones is 1. The Hall–Kier alpha value is -2.41. The van der Waals surface area contributed by atoms with Gasteiger partial charge < -0.3 is 14.8 Å². The number of para-hydroxylation sites is 1. The monoisotopic (exact) mass is 526 g/mol. The van der Waals surface area contributed by atoms with Gasteiger partial charge in [0.05, 0.1) is 35.8 Å². The summed E-state index contributed by atoms with van der Waals surface area (Å²) >= 11 is 12.2. The van der Waals surface area contributed by atoms with Crippen LogP contribution < -0.4 is 15.4 Å². The van der Waals surface area contributed by atoms with Crippen LogP contribution in [0.25, 0.3) is 0 Å². The fourth-order valence-corrected chi connectivity index (χ4v) is 5.16. The van der Waals surface area contributed by atoms with E-state index in [1.165, 1.54) is 0 Å². The van der Waals surface area contributed by atoms with Gasteiger partial charge in [-0.05, 0) is 54.8 Å². The normalized spacial score (nSPS) is 20.6. The molecule has 4 atom stereocenters. The summed E-state index contributed by atoms with van der Waals surface area (Å²) < 4.78 is 11.7. The number of benzene rings is 3. The van der Waals surface area contributed by atoms with Gasteiger partial charge in [-0.25, -0.2) is 0 Å². The second-order valence-corrected chi connectivity index (χ2v) is 9.88. The maximum absolute atomic E-state index is 14.0. The lowest BCUT2D eigenvalue weighted by atomic mass is 9.75. The van der Waals surface area contributed by atoms with E-state index >= 15 is 0 Å². The van der Waals surface area contributed by atoms with Crippen molar-refractivity contribution in [3.63, 3.8) is 0 Å². The van der Waals surface area contributed by atoms with Gasteiger partial charge in [-0.2, -0.15) is 0 Å². The molecule has 0 saturated carbocycles. The summed E-state index contributed by atoms with van der Waals surface area (Å²) in [7, 11) is 1.67. The van der Waals surface area contributed by atoms with Crippen LogP contribution in [0.1, 0.15) is 36.0 Å². The van der Waals surface area contributed by atoms with Crippen LogP contribution in [0.3, 0.4) is 0 Å². The van der Waals surface area contributed by atoms with Crippen molar-refractivity contribution >= 4 is 29.0 Å². The van der Waals surface area contributed by atoms with Gasteiger partial charge in [-0.15, -0.1) is 0 Å². The molecule has 1 heterocycles. The van der Waals surface area contributed by atoms with Crippen LogP contribution in [0.2, 0.25) is 10.0 Å². The minimum absolute atomic E-state index is 0.0146. The molecule has 0 amide bonds. The van der Waals surface area contributed by atoms with Crippen molar-refractivity contribution < 1.29 is 14.3 Å². The number of ether oxygens (including phenoxy) is 2. The van der Waals surface area contributed by atoms with Crippen molar-refractivity contribution in [3.05, 3.63) is 99.5 Å². The Balaban J connectivity index is 1.56. The number of methoxy groups -OCH3 is 1. The van der Waals surface area contributed by atoms with E-state index in [0.717, 1.165) is 35.4 Å². The summed E-state index contributed by atoms with van der Waals surface area (Å²) in [4.78, 5) is 14.0. The summed E-state index contributed by atoms with van der Waals surface area (Å²) in [5, 5.41) is 8.09. The third kappa shape index (κ3) is 6.47. The van der Waals surface area contributed by atoms with Crippen molar-refractivity contribution in [1.29, 1.82) is 0 Å². The van der Waals surface area contributed by atoms with Gasteiger partial charge in [-0.3, -0.25) is 10.1 Å². The number of carbonyl (C=O) groups is 1. The molecule has 7 heteroatoms. The molecule has 4 rings (SSSR count). The molecule has 1 aliphatic rings. The van der Waals surface area contributed by atoms with E-state index in [9.17, 15) is 4.79 Å². The number of nitrogens with one attached hydrogen (secondary N) is 2. The zero-order valence-electron chi connectivity index (χ0n) is 20.5. The summed E-state index contributed by atoms with van der Waals surface area (Å²) in [6, 6.07) is 23.5. The molecule has 3 aromatic rings. The highest BCUT2D eigenvalue weighted by Crippen LogP contribution is 2.39. The Kier molecular flexibility index (Phi) is 9.41. The Morgan fingerprint density at radius 1 is 1.03 bits per heavy atom. The zero-order valence-corrected chi connectivity index (χ0v) is 22.1. The lowest BCUT2D eigenvalue weighted by molar-refractivity contribution is -0.137. The first kappa shape index (κ1) is 26.6. The molecule has 1 saturated heterocycles. The number of hydrogen-bond acceptors (Lipinski definition) is 5. The van der Waals surface area contributed by atoms with E-state index in [2.05, 4.69) is 28.8 Å². The number of rotatable bonds is 10. The smallest absolute Gasteiger partial charge is 0.167 e. The summed E-state index contributed by atoms with van der Waals surface area (Å²) in [6.07, 6.45) is -0.000207. The van der Waals surface area contributed by atoms with Crippen LogP contribution >= 0.6 is 23.2 Å². The zero-order chi connectivity index (χ0) is 25.5. The Labute approximate surface area is 223 Å². The van der Waals surface area contributed by atoms with Crippen molar-refractivity contribution in [3.8, 4) is 5.75 Å². The third-order valence-corrected chi connectivity index (χ3v) is 7.47. The first-order valence-corrected chi connectivity index (χ1v) is 13.0. The van der Waals surface area contributed by atoms with Crippen molar-refractivity contribution in [1.82, 2.24) is 10.6 Å². The molecule has 1 fully saturated rings. The molecule has 0 bridgehead atoms. The van der Waals surface area contributed by atoms with E-state index in [0.29, 0.717) is 16.6 Å². The van der Waals surface area contributed by atoms with Crippen LogP contribution in [0.4, 0.5) is 0 Å². The van der Waals surface area contributed by atoms with Gasteiger partial charge in [0.25, 0.3) is 0 Å². The van der Waals surface area contributed by atoms with Crippen LogP contribution in [-0.4, -0.2) is 31.7 Å². The largest absolute Gasteiger partial charge is 0.496 e. The number of Topliss-reactive ketones (excluding diaryl/α,β-unsaturated/α-hetero) is 1. The number of carbonyl (C=O) groups excluding carboxylic acids is 1. The average molecular weight is 527 g/mol. The molecule has 4 unspecified atom stereocenters. The predicted octanol–water partition coefficient (Wildman–Crippen LogP) is 5.99. The van der Waals surface area contributed by atoms with Crippen LogP contribution in [0.15, 0.2) is 72.8 Å². The van der Waals surface area contributed by atoms with Crippen molar-refractivity contribution in [2.45, 2.75) is 44.7 Å². The highest BCUT2D eigenvalue weighted by Gasteiger charge is 2.41. The van der Waals surface area contributed by atoms with Gasteiger partial charge in [0, 0.05) is 12.5 Å². The van der Waals surface area contributed by atoms with Gasteiger partial charge in [0.1, 0.15) is 11.9 Å². The molecule has 36 heavy (non-hydrogen) atoms. The fourth-order valence-electron chi connectivity index (χ4n) is 4.84. The maximum atomic E-state index is 14.0. The van der Waals surface area contributed by atoms with Crippen molar-refractivity contribution in [2.75, 3.05) is 13.7 Å². The van der Waals surface area contributed by atoms with Crippen LogP contribution in [0, 0.1) is 5.92 Å². The quantitative estimate of drug-likeness (QED) is 0.340. The molecular formula is C29H32Cl2N2O3. The summed E-state index contributed by atoms with van der Waals surface area (Å²) in [5.74, 6) is 0.485. The maximum Gasteiger partial charge on any atom is 0.167 e. The molecule has 3 aromatic carbocycles. The standard InChI is InChI=1S/C29H32Cl2N2O3/c1-19(36-18-21-12-13-24(30)25(31)16-21)28(34)27-23(22-10-6-7-11-26(22)35-2)14-15-32-29(27)33-17-20-8-4-3-5-9-20/h3-13,16,19,23,27,29,32-33H,14-15,17-18H2,1-2H3. The first-order chi connectivity index (χ1) is 17.5. The predicted molar refractivity (Wildman–Crippen MR) is 145 cm³/mol. The summed E-state index contributed by atoms with van der Waals surface area (Å²) in [6.45, 7) is 3.53. The summed E-state index contributed by atoms with van der Waals surface area (Å²) in [5.41, 5.74) is 3.07. The van der Waals surface area contributed by atoms with Gasteiger partial charge in [0.2, 0.25) is 0 Å². The number of hydrogen-bond donors (Lipinski definition) is 2. The highest BCUT2D eigenvalue weighted by atomic mass is 35.5. The number of halogens is 2. The molecule has 2 N–H and O–H groups in total. The second-order valence-electron chi connectivity index (χ2n) is 9.07. The molecule has 1 aliphatic heterocycles. The molecule has 0 aromatic heterocycles. The second kappa shape index (κ2) is 12.7. The molecule has 190 valence electrons. The first-order valence-electron chi connectivity index (χ1n) is 12.2. The third-order valence-electron chi connectivity index (χ3n) is 6.73. The SMILES string of the molecule is COc1ccccc1C1CCNC(NCc2ccccc2)C1C(=O)C(C)OCc1ccc(Cl)c(Cl)c1. The lowest BCUT2D eigenvalue weighted by Gasteiger charge is -2.40. The number of piperidine rings is 1. The Bertz CT molecular complexity index is 1160. The highest BCUT2D eigenvalue weighted by molar-refractivity contribution is 6.42. The van der Waals surface area contributed by atoms with E-state index in [4.69, 9.17) is 32.7 Å². The minimum Gasteiger partial charge on any atom is -0.496 e. The van der Waals surface area contributed by atoms with Gasteiger partial charge in [-0.1, -0.05) is 77.8 Å². The average Bonchev–Trinajstić information content (AvgIpc) is 2.92. The Morgan fingerprint density at radius 3 is 2.53 bits per heavy atom. The molecular weight excluding hydrogens is 495 g/mol.